The van der Waals surface area contributed by atoms with Crippen molar-refractivity contribution >= 4 is 11.9 Å². The Morgan fingerprint density at radius 1 is 1.38 bits per heavy atom. The molecule has 2 atom stereocenters. The second-order valence-corrected chi connectivity index (χ2v) is 2.47. The van der Waals surface area contributed by atoms with E-state index in [1.807, 2.05) is 0 Å². The summed E-state index contributed by atoms with van der Waals surface area (Å²) >= 11 is 0. The summed E-state index contributed by atoms with van der Waals surface area (Å²) in [6.45, 7) is 1.49. The quantitative estimate of drug-likeness (QED) is 0.513. The molecule has 5 nitrogen and oxygen atoms in total. The maximum atomic E-state index is 10.5. The first-order valence-electron chi connectivity index (χ1n) is 3.62. The van der Waals surface area contributed by atoms with Gasteiger partial charge in [0.15, 0.2) is 0 Å². The van der Waals surface area contributed by atoms with Gasteiger partial charge in [-0.25, -0.2) is 0 Å². The van der Waals surface area contributed by atoms with Gasteiger partial charge in [-0.3, -0.25) is 9.59 Å². The van der Waals surface area contributed by atoms with Crippen LogP contribution in [0.5, 0.6) is 0 Å². The van der Waals surface area contributed by atoms with Crippen LogP contribution in [0.15, 0.2) is 0 Å². The molecule has 0 aromatic carbocycles. The fourth-order valence-corrected chi connectivity index (χ4v) is 0.750. The van der Waals surface area contributed by atoms with Gasteiger partial charge in [0, 0.05) is 0 Å². The minimum atomic E-state index is -1.22. The number of hydrogen-bond acceptors (Lipinski definition) is 3. The Bertz CT molecular complexity index is 263. The van der Waals surface area contributed by atoms with E-state index >= 15 is 0 Å². The molecule has 5 heteroatoms. The van der Waals surface area contributed by atoms with Gasteiger partial charge in [-0.05, 0) is 13.3 Å². The van der Waals surface area contributed by atoms with Crippen LogP contribution in [0.4, 0.5) is 0 Å². The molecule has 0 saturated carbocycles. The summed E-state index contributed by atoms with van der Waals surface area (Å²) in [5, 5.41) is 17.0. The lowest BCUT2D eigenvalue weighted by molar-refractivity contribution is -0.141. The topological polar surface area (TPSA) is 101 Å². The summed E-state index contributed by atoms with van der Waals surface area (Å²) < 4.78 is 0. The highest BCUT2D eigenvalue weighted by Crippen LogP contribution is 2.04. The minimum absolute atomic E-state index is 0.175. The molecule has 0 aromatic heterocycles. The smallest absolute Gasteiger partial charge is 0.320 e. The first-order valence-corrected chi connectivity index (χ1v) is 3.62. The average Bonchev–Trinajstić information content (AvgIpc) is 2.03. The SMILES string of the molecule is CC#CC(C[C@@H](N)C(=O)O)C(=O)O. The summed E-state index contributed by atoms with van der Waals surface area (Å²) in [5.74, 6) is 1.42. The van der Waals surface area contributed by atoms with E-state index in [1.165, 1.54) is 6.92 Å². The van der Waals surface area contributed by atoms with Crippen LogP contribution < -0.4 is 5.73 Å². The molecule has 0 spiro atoms. The third-order valence-electron chi connectivity index (χ3n) is 1.42. The second kappa shape index (κ2) is 5.17. The molecule has 0 rings (SSSR count). The van der Waals surface area contributed by atoms with Gasteiger partial charge >= 0.3 is 11.9 Å². The van der Waals surface area contributed by atoms with E-state index in [-0.39, 0.29) is 6.42 Å². The van der Waals surface area contributed by atoms with Crippen LogP contribution in [0, 0.1) is 17.8 Å². The lowest BCUT2D eigenvalue weighted by Gasteiger charge is -2.08. The van der Waals surface area contributed by atoms with Gasteiger partial charge in [-0.1, -0.05) is 5.92 Å². The van der Waals surface area contributed by atoms with Crippen molar-refractivity contribution in [1.29, 1.82) is 0 Å². The molecule has 0 radical (unpaired) electrons. The summed E-state index contributed by atoms with van der Waals surface area (Å²) in [7, 11) is 0. The van der Waals surface area contributed by atoms with E-state index in [0.717, 1.165) is 0 Å². The van der Waals surface area contributed by atoms with Crippen molar-refractivity contribution in [2.45, 2.75) is 19.4 Å². The number of carbonyl (C=O) groups is 2. The van der Waals surface area contributed by atoms with Crippen LogP contribution in [0.1, 0.15) is 13.3 Å². The fourth-order valence-electron chi connectivity index (χ4n) is 0.750. The third kappa shape index (κ3) is 4.13. The van der Waals surface area contributed by atoms with Gasteiger partial charge in [0.05, 0.1) is 0 Å². The summed E-state index contributed by atoms with van der Waals surface area (Å²) in [5.41, 5.74) is 5.15. The number of carboxylic acid groups (broad SMARTS) is 2. The third-order valence-corrected chi connectivity index (χ3v) is 1.42. The van der Waals surface area contributed by atoms with E-state index in [9.17, 15) is 9.59 Å². The van der Waals surface area contributed by atoms with Gasteiger partial charge in [0.2, 0.25) is 0 Å². The number of carboxylic acids is 2. The first kappa shape index (κ1) is 11.5. The van der Waals surface area contributed by atoms with Gasteiger partial charge in [0.25, 0.3) is 0 Å². The van der Waals surface area contributed by atoms with E-state index in [1.54, 1.807) is 0 Å². The largest absolute Gasteiger partial charge is 0.480 e. The fraction of sp³-hybridized carbons (Fsp3) is 0.500. The zero-order valence-electron chi connectivity index (χ0n) is 7.15. The maximum absolute atomic E-state index is 10.5. The highest BCUT2D eigenvalue weighted by Gasteiger charge is 2.22. The standard InChI is InChI=1S/C8H11NO4/c1-2-3-5(7(10)11)4-6(9)8(12)13/h5-6H,4,9H2,1H3,(H,10,11)(H,12,13)/t5?,6-/m1/s1. The molecule has 0 aliphatic rings. The van der Waals surface area contributed by atoms with Crippen molar-refractivity contribution in [1.82, 2.24) is 0 Å². The molecule has 0 aliphatic heterocycles. The molecule has 0 aromatic rings. The number of rotatable bonds is 4. The number of nitrogens with two attached hydrogens (primary N) is 1. The monoisotopic (exact) mass is 185 g/mol. The second-order valence-electron chi connectivity index (χ2n) is 2.47. The lowest BCUT2D eigenvalue weighted by atomic mass is 10.0. The van der Waals surface area contributed by atoms with E-state index in [4.69, 9.17) is 15.9 Å². The predicted octanol–water partition coefficient (Wildman–Crippen LogP) is -0.487. The van der Waals surface area contributed by atoms with Crippen LogP contribution in [0.3, 0.4) is 0 Å². The molecular weight excluding hydrogens is 174 g/mol. The Hall–Kier alpha value is -1.54. The molecule has 13 heavy (non-hydrogen) atoms. The van der Waals surface area contributed by atoms with E-state index < -0.39 is 23.9 Å². The van der Waals surface area contributed by atoms with E-state index in [2.05, 4.69) is 11.8 Å². The van der Waals surface area contributed by atoms with Crippen LogP contribution in [0.2, 0.25) is 0 Å². The maximum Gasteiger partial charge on any atom is 0.320 e. The Morgan fingerprint density at radius 2 is 1.92 bits per heavy atom. The molecule has 4 N–H and O–H groups in total. The Kier molecular flexibility index (Phi) is 4.55. The molecular formula is C8H11NO4. The molecule has 0 fully saturated rings. The van der Waals surface area contributed by atoms with Crippen LogP contribution in [0.25, 0.3) is 0 Å². The first-order chi connectivity index (χ1) is 5.99. The molecule has 1 unspecified atom stereocenters. The van der Waals surface area contributed by atoms with Crippen molar-refractivity contribution in [3.63, 3.8) is 0 Å². The van der Waals surface area contributed by atoms with Crippen molar-refractivity contribution in [2.75, 3.05) is 0 Å². The predicted molar refractivity (Wildman–Crippen MR) is 44.8 cm³/mol. The lowest BCUT2D eigenvalue weighted by Crippen LogP contribution is -2.34. The minimum Gasteiger partial charge on any atom is -0.480 e. The van der Waals surface area contributed by atoms with Gasteiger partial charge < -0.3 is 15.9 Å². The van der Waals surface area contributed by atoms with Crippen LogP contribution >= 0.6 is 0 Å². The Balaban J connectivity index is 4.32. The van der Waals surface area contributed by atoms with Crippen LogP contribution in [-0.2, 0) is 9.59 Å². The Labute approximate surface area is 75.5 Å². The summed E-state index contributed by atoms with van der Waals surface area (Å²) in [6.07, 6.45) is -0.175. The zero-order chi connectivity index (χ0) is 10.4. The van der Waals surface area contributed by atoms with Gasteiger partial charge in [0.1, 0.15) is 12.0 Å². The molecule has 72 valence electrons. The highest BCUT2D eigenvalue weighted by atomic mass is 16.4. The summed E-state index contributed by atoms with van der Waals surface area (Å²) in [4.78, 5) is 20.8. The molecule has 0 bridgehead atoms. The number of aliphatic carboxylic acids is 2. The molecule has 0 saturated heterocycles. The van der Waals surface area contributed by atoms with Crippen molar-refractivity contribution in [3.05, 3.63) is 0 Å². The molecule has 0 aliphatic carbocycles. The zero-order valence-corrected chi connectivity index (χ0v) is 7.15. The molecule has 0 heterocycles. The normalized spacial score (nSPS) is 13.7. The average molecular weight is 185 g/mol. The Morgan fingerprint density at radius 3 is 2.23 bits per heavy atom. The summed E-state index contributed by atoms with van der Waals surface area (Å²) in [6, 6.07) is -1.18. The van der Waals surface area contributed by atoms with Crippen molar-refractivity contribution in [2.24, 2.45) is 11.7 Å². The number of hydrogen-bond donors (Lipinski definition) is 3. The van der Waals surface area contributed by atoms with Gasteiger partial charge in [-0.15, -0.1) is 5.92 Å². The van der Waals surface area contributed by atoms with Crippen molar-refractivity contribution in [3.8, 4) is 11.8 Å². The van der Waals surface area contributed by atoms with Crippen molar-refractivity contribution < 1.29 is 19.8 Å². The highest BCUT2D eigenvalue weighted by molar-refractivity contribution is 5.77. The molecule has 0 amide bonds. The van der Waals surface area contributed by atoms with E-state index in [0.29, 0.717) is 0 Å². The van der Waals surface area contributed by atoms with Gasteiger partial charge in [-0.2, -0.15) is 0 Å². The van der Waals surface area contributed by atoms with Crippen LogP contribution in [-0.4, -0.2) is 28.2 Å².